The van der Waals surface area contributed by atoms with Gasteiger partial charge in [-0.05, 0) is 59.1 Å². The lowest BCUT2D eigenvalue weighted by Gasteiger charge is -2.22. The van der Waals surface area contributed by atoms with Gasteiger partial charge in [0.25, 0.3) is 0 Å². The van der Waals surface area contributed by atoms with E-state index in [9.17, 15) is 13.6 Å². The summed E-state index contributed by atoms with van der Waals surface area (Å²) >= 11 is 0.883. The Morgan fingerprint density at radius 3 is 2.68 bits per heavy atom. The van der Waals surface area contributed by atoms with E-state index in [4.69, 9.17) is 9.84 Å². The molecule has 0 amide bonds. The molecule has 2 unspecified atom stereocenters. The maximum Gasteiger partial charge on any atom is 0.307 e. The number of hydrogen-bond acceptors (Lipinski definition) is 5. The molecule has 0 aliphatic rings. The predicted octanol–water partition coefficient (Wildman–Crippen LogP) is 4.23. The van der Waals surface area contributed by atoms with Gasteiger partial charge in [-0.1, -0.05) is 34.1 Å². The second kappa shape index (κ2) is 9.09. The van der Waals surface area contributed by atoms with Gasteiger partial charge >= 0.3 is 5.97 Å². The van der Waals surface area contributed by atoms with Crippen LogP contribution in [0.2, 0.25) is 0 Å². The molecular weight excluding hydrogens is 446 g/mol. The Morgan fingerprint density at radius 2 is 2.00 bits per heavy atom. The average molecular weight is 461 g/mol. The van der Waals surface area contributed by atoms with Crippen molar-refractivity contribution in [2.45, 2.75) is 11.7 Å². The van der Waals surface area contributed by atoms with E-state index in [0.29, 0.717) is 32.8 Å². The summed E-state index contributed by atoms with van der Waals surface area (Å²) < 4.78 is 30.7. The van der Waals surface area contributed by atoms with Crippen LogP contribution in [0.25, 0.3) is 0 Å². The summed E-state index contributed by atoms with van der Waals surface area (Å²) in [5.41, 5.74) is 1.38. The summed E-state index contributed by atoms with van der Waals surface area (Å²) in [6.07, 6.45) is 1.40. The second-order valence-electron chi connectivity index (χ2n) is 5.90. The van der Waals surface area contributed by atoms with Crippen LogP contribution in [0, 0.1) is 0 Å². The highest BCUT2D eigenvalue weighted by Gasteiger charge is 2.22. The summed E-state index contributed by atoms with van der Waals surface area (Å²) in [4.78, 5) is 15.1. The number of nitrogens with zero attached hydrogens (tertiary/aromatic N) is 1. The van der Waals surface area contributed by atoms with Gasteiger partial charge in [0.15, 0.2) is 0 Å². The minimum atomic E-state index is -2.49. The molecule has 0 saturated carbocycles. The zero-order valence-electron chi connectivity index (χ0n) is 14.4. The molecule has 144 valence electrons. The molecule has 6 nitrogen and oxygen atoms in total. The van der Waals surface area contributed by atoms with E-state index in [1.165, 1.54) is 6.20 Å². The number of carboxylic acid groups (broad SMARTS) is 1. The van der Waals surface area contributed by atoms with Gasteiger partial charge in [0.2, 0.25) is 0 Å². The highest BCUT2D eigenvalue weighted by atomic mass is 79.9. The quantitative estimate of drug-likeness (QED) is 0.529. The largest absolute Gasteiger partial charge is 0.772 e. The van der Waals surface area contributed by atoms with Crippen molar-refractivity contribution in [2.24, 2.45) is 0 Å². The summed E-state index contributed by atoms with van der Waals surface area (Å²) in [6.45, 7) is 0. The first-order valence-corrected chi connectivity index (χ1v) is 10.1. The Kier molecular flexibility index (Phi) is 6.56. The molecule has 3 rings (SSSR count). The van der Waals surface area contributed by atoms with E-state index in [-0.39, 0.29) is 6.42 Å². The number of benzene rings is 2. The fraction of sp³-hybridized carbons (Fsp3) is 0.100. The summed E-state index contributed by atoms with van der Waals surface area (Å²) in [7, 11) is 0. The van der Waals surface area contributed by atoms with Crippen molar-refractivity contribution in [3.63, 3.8) is 0 Å². The Labute approximate surface area is 172 Å². The molecule has 8 heteroatoms. The first kappa shape index (κ1) is 20.2. The van der Waals surface area contributed by atoms with Crippen molar-refractivity contribution in [1.29, 1.82) is 0 Å². The monoisotopic (exact) mass is 460 g/mol. The Morgan fingerprint density at radius 1 is 1.18 bits per heavy atom. The summed E-state index contributed by atoms with van der Waals surface area (Å²) in [5.74, 6) is -0.187. The number of carboxylic acids is 1. The second-order valence-corrected chi connectivity index (χ2v) is 7.81. The molecule has 0 radical (unpaired) electrons. The van der Waals surface area contributed by atoms with E-state index in [0.717, 1.165) is 0 Å². The minimum Gasteiger partial charge on any atom is -0.772 e. The summed E-state index contributed by atoms with van der Waals surface area (Å²) in [6, 6.07) is 16.8. The molecule has 0 fully saturated rings. The lowest BCUT2D eigenvalue weighted by Crippen LogP contribution is -2.11. The molecule has 0 saturated heterocycles. The van der Waals surface area contributed by atoms with Gasteiger partial charge in [0, 0.05) is 16.2 Å². The van der Waals surface area contributed by atoms with Crippen LogP contribution in [0.1, 0.15) is 22.1 Å². The molecule has 1 N–H and O–H groups in total. The highest BCUT2D eigenvalue weighted by molar-refractivity contribution is 9.10. The number of carbonyl (C=O) groups is 1. The van der Waals surface area contributed by atoms with Crippen LogP contribution in [0.15, 0.2) is 71.3 Å². The molecule has 0 bridgehead atoms. The van der Waals surface area contributed by atoms with E-state index in [2.05, 4.69) is 20.9 Å². The van der Waals surface area contributed by atoms with Crippen LogP contribution in [-0.4, -0.2) is 24.8 Å². The van der Waals surface area contributed by atoms with E-state index in [1.807, 2.05) is 0 Å². The van der Waals surface area contributed by atoms with Gasteiger partial charge in [-0.3, -0.25) is 14.0 Å². The standard InChI is InChI=1S/C20H16BrNO5S/c21-14-7-8-18(27-15-5-3-4-13(10-15)11-19(23)24)16(12-14)20(28(25)26)17-6-1-2-9-22-17/h1-10,12,20H,11H2,(H,23,24)(H,25,26)/p-1. The third-order valence-corrected chi connectivity index (χ3v) is 5.26. The predicted molar refractivity (Wildman–Crippen MR) is 107 cm³/mol. The molecule has 0 aliphatic heterocycles. The van der Waals surface area contributed by atoms with Crippen molar-refractivity contribution in [3.8, 4) is 11.5 Å². The molecule has 3 aromatic rings. The third-order valence-electron chi connectivity index (χ3n) is 3.88. The van der Waals surface area contributed by atoms with Crippen LogP contribution < -0.4 is 4.74 Å². The van der Waals surface area contributed by atoms with Crippen LogP contribution in [0.3, 0.4) is 0 Å². The molecule has 2 aromatic carbocycles. The Balaban J connectivity index is 2.01. The number of halogens is 1. The van der Waals surface area contributed by atoms with Crippen molar-refractivity contribution in [2.75, 3.05) is 0 Å². The first-order chi connectivity index (χ1) is 13.4. The number of aliphatic carboxylic acids is 1. The van der Waals surface area contributed by atoms with Gasteiger partial charge in [-0.15, -0.1) is 0 Å². The molecular formula is C20H15BrNO5S-. The third kappa shape index (κ3) is 5.03. The van der Waals surface area contributed by atoms with Gasteiger partial charge in [0.05, 0.1) is 17.4 Å². The number of pyridine rings is 1. The molecule has 0 spiro atoms. The molecule has 28 heavy (non-hydrogen) atoms. The molecule has 0 aliphatic carbocycles. The normalized spacial score (nSPS) is 12.9. The van der Waals surface area contributed by atoms with Crippen LogP contribution >= 0.6 is 15.9 Å². The number of hydrogen-bond donors (Lipinski definition) is 1. The lowest BCUT2D eigenvalue weighted by atomic mass is 10.1. The Hall–Kier alpha value is -2.55. The number of ether oxygens (including phenoxy) is 1. The maximum atomic E-state index is 12.0. The van der Waals surface area contributed by atoms with Crippen LogP contribution in [-0.2, 0) is 22.3 Å². The lowest BCUT2D eigenvalue weighted by molar-refractivity contribution is -0.136. The number of rotatable bonds is 7. The smallest absolute Gasteiger partial charge is 0.307 e. The van der Waals surface area contributed by atoms with Crippen molar-refractivity contribution in [1.82, 2.24) is 4.98 Å². The molecule has 1 heterocycles. The van der Waals surface area contributed by atoms with Crippen molar-refractivity contribution in [3.05, 3.63) is 88.2 Å². The molecule has 2 atom stereocenters. The average Bonchev–Trinajstić information content (AvgIpc) is 2.64. The van der Waals surface area contributed by atoms with Gasteiger partial charge in [-0.2, -0.15) is 0 Å². The van der Waals surface area contributed by atoms with Crippen LogP contribution in [0.5, 0.6) is 11.5 Å². The zero-order valence-corrected chi connectivity index (χ0v) is 16.9. The fourth-order valence-corrected chi connectivity index (χ4v) is 3.84. The highest BCUT2D eigenvalue weighted by Crippen LogP contribution is 2.37. The van der Waals surface area contributed by atoms with Gasteiger partial charge < -0.3 is 14.4 Å². The van der Waals surface area contributed by atoms with Gasteiger partial charge in [0.1, 0.15) is 11.5 Å². The number of aromatic nitrogens is 1. The van der Waals surface area contributed by atoms with E-state index in [1.54, 1.807) is 60.7 Å². The van der Waals surface area contributed by atoms with Crippen LogP contribution in [0.4, 0.5) is 0 Å². The fourth-order valence-electron chi connectivity index (χ4n) is 2.73. The SMILES string of the molecule is O=C(O)Cc1cccc(Oc2ccc(Br)cc2C(c2ccccn2)S(=O)[O-])c1. The maximum absolute atomic E-state index is 12.0. The topological polar surface area (TPSA) is 99.6 Å². The summed E-state index contributed by atoms with van der Waals surface area (Å²) in [5, 5.41) is 7.94. The van der Waals surface area contributed by atoms with Gasteiger partial charge in [-0.25, -0.2) is 0 Å². The van der Waals surface area contributed by atoms with E-state index < -0.39 is 22.3 Å². The molecule has 1 aromatic heterocycles. The first-order valence-electron chi connectivity index (χ1n) is 8.21. The zero-order chi connectivity index (χ0) is 20.1. The van der Waals surface area contributed by atoms with E-state index >= 15 is 0 Å². The minimum absolute atomic E-state index is 0.133. The van der Waals surface area contributed by atoms with Crippen molar-refractivity contribution >= 4 is 33.0 Å². The van der Waals surface area contributed by atoms with Crippen molar-refractivity contribution < 1.29 is 23.4 Å². The Bertz CT molecular complexity index is 1010.